The maximum atomic E-state index is 10.4. The standard InChI is InChI=1S/C27H30ClNO6/c28-22-5-1-19(2-6-22)15-33-16-23-17-34-26-8-3-18(11-27(26)35-23)9-10-29-13-25(32)20-4-7-24(31)21(12-20)14-30/h1-8,11-12,23,25,29-32H,9-10,13-17H2/t23-,25+/m1/s1. The Morgan fingerprint density at radius 1 is 1.03 bits per heavy atom. The topological polar surface area (TPSA) is 100 Å². The van der Waals surface area contributed by atoms with Crippen LogP contribution in [0.15, 0.2) is 60.7 Å². The molecular weight excluding hydrogens is 470 g/mol. The molecule has 4 rings (SSSR count). The van der Waals surface area contributed by atoms with Crippen LogP contribution in [0.1, 0.15) is 28.4 Å². The van der Waals surface area contributed by atoms with Crippen molar-refractivity contribution in [2.24, 2.45) is 0 Å². The average molecular weight is 500 g/mol. The molecule has 0 saturated carbocycles. The summed E-state index contributed by atoms with van der Waals surface area (Å²) in [7, 11) is 0. The van der Waals surface area contributed by atoms with Crippen LogP contribution in [0.3, 0.4) is 0 Å². The van der Waals surface area contributed by atoms with Crippen molar-refractivity contribution in [3.63, 3.8) is 0 Å². The lowest BCUT2D eigenvalue weighted by Crippen LogP contribution is -2.33. The predicted molar refractivity (Wildman–Crippen MR) is 133 cm³/mol. The van der Waals surface area contributed by atoms with E-state index in [0.717, 1.165) is 23.3 Å². The zero-order chi connectivity index (χ0) is 24.6. The Balaban J connectivity index is 1.21. The van der Waals surface area contributed by atoms with Crippen LogP contribution in [0, 0.1) is 0 Å². The van der Waals surface area contributed by atoms with E-state index in [9.17, 15) is 15.3 Å². The van der Waals surface area contributed by atoms with Gasteiger partial charge in [0.2, 0.25) is 0 Å². The van der Waals surface area contributed by atoms with Gasteiger partial charge in [0.25, 0.3) is 0 Å². The molecule has 3 aromatic carbocycles. The molecule has 0 amide bonds. The van der Waals surface area contributed by atoms with Crippen LogP contribution >= 0.6 is 11.6 Å². The third-order valence-electron chi connectivity index (χ3n) is 5.80. The molecule has 7 nitrogen and oxygen atoms in total. The molecular formula is C27H30ClNO6. The van der Waals surface area contributed by atoms with Crippen LogP contribution in [0.5, 0.6) is 17.2 Å². The Morgan fingerprint density at radius 2 is 1.83 bits per heavy atom. The van der Waals surface area contributed by atoms with Gasteiger partial charge < -0.3 is 34.8 Å². The van der Waals surface area contributed by atoms with Gasteiger partial charge >= 0.3 is 0 Å². The van der Waals surface area contributed by atoms with Crippen LogP contribution in [-0.4, -0.2) is 47.7 Å². The number of fused-ring (bicyclic) bond motifs is 1. The van der Waals surface area contributed by atoms with Gasteiger partial charge in [0, 0.05) is 17.1 Å². The normalized spacial score (nSPS) is 15.7. The van der Waals surface area contributed by atoms with E-state index in [1.165, 1.54) is 6.07 Å². The first kappa shape index (κ1) is 25.3. The molecule has 0 aliphatic carbocycles. The molecule has 1 aliphatic rings. The predicted octanol–water partition coefficient (Wildman–Crippen LogP) is 3.76. The van der Waals surface area contributed by atoms with E-state index in [0.29, 0.717) is 54.8 Å². The van der Waals surface area contributed by atoms with Gasteiger partial charge in [-0.25, -0.2) is 0 Å². The van der Waals surface area contributed by atoms with Crippen LogP contribution < -0.4 is 14.8 Å². The highest BCUT2D eigenvalue weighted by molar-refractivity contribution is 6.30. The zero-order valence-corrected chi connectivity index (χ0v) is 20.1. The summed E-state index contributed by atoms with van der Waals surface area (Å²) in [5, 5.41) is 33.3. The first-order valence-corrected chi connectivity index (χ1v) is 12.0. The molecule has 2 atom stereocenters. The zero-order valence-electron chi connectivity index (χ0n) is 19.3. The molecule has 1 heterocycles. The van der Waals surface area contributed by atoms with E-state index >= 15 is 0 Å². The molecule has 8 heteroatoms. The Morgan fingerprint density at radius 3 is 2.63 bits per heavy atom. The van der Waals surface area contributed by atoms with Gasteiger partial charge in [-0.15, -0.1) is 0 Å². The van der Waals surface area contributed by atoms with Gasteiger partial charge in [-0.2, -0.15) is 0 Å². The Bertz CT molecular complexity index is 1110. The van der Waals surface area contributed by atoms with Crippen LogP contribution in [0.4, 0.5) is 0 Å². The monoisotopic (exact) mass is 499 g/mol. The molecule has 0 unspecified atom stereocenters. The fourth-order valence-electron chi connectivity index (χ4n) is 3.82. The van der Waals surface area contributed by atoms with Crippen LogP contribution in [0.25, 0.3) is 0 Å². The SMILES string of the molecule is OCc1cc([C@@H](O)CNCCc2ccc3c(c2)O[C@H](COCc2ccc(Cl)cc2)CO3)ccc1O. The lowest BCUT2D eigenvalue weighted by Gasteiger charge is -2.27. The number of hydrogen-bond acceptors (Lipinski definition) is 7. The summed E-state index contributed by atoms with van der Waals surface area (Å²) < 4.78 is 17.7. The quantitative estimate of drug-likeness (QED) is 0.298. The van der Waals surface area contributed by atoms with Gasteiger partial charge in [-0.1, -0.05) is 35.9 Å². The Kier molecular flexibility index (Phi) is 8.84. The summed E-state index contributed by atoms with van der Waals surface area (Å²) in [4.78, 5) is 0. The minimum atomic E-state index is -0.741. The lowest BCUT2D eigenvalue weighted by atomic mass is 10.1. The fraction of sp³-hybridized carbons (Fsp3) is 0.333. The summed E-state index contributed by atoms with van der Waals surface area (Å²) in [6.07, 6.45) is -0.180. The number of hydrogen-bond donors (Lipinski definition) is 4. The molecule has 35 heavy (non-hydrogen) atoms. The maximum Gasteiger partial charge on any atom is 0.162 e. The lowest BCUT2D eigenvalue weighted by molar-refractivity contribution is 0.00266. The van der Waals surface area contributed by atoms with Gasteiger partial charge in [-0.3, -0.25) is 0 Å². The van der Waals surface area contributed by atoms with Gasteiger partial charge in [-0.05, 0) is 66.1 Å². The van der Waals surface area contributed by atoms with Crippen LogP contribution in [0.2, 0.25) is 5.02 Å². The van der Waals surface area contributed by atoms with E-state index in [-0.39, 0.29) is 18.5 Å². The summed E-state index contributed by atoms with van der Waals surface area (Å²) in [5.41, 5.74) is 3.17. The molecule has 0 radical (unpaired) electrons. The van der Waals surface area contributed by atoms with Gasteiger partial charge in [0.1, 0.15) is 12.4 Å². The van der Waals surface area contributed by atoms with Crippen molar-refractivity contribution in [1.82, 2.24) is 5.32 Å². The minimum Gasteiger partial charge on any atom is -0.508 e. The number of aliphatic hydroxyl groups excluding tert-OH is 2. The van der Waals surface area contributed by atoms with E-state index in [1.54, 1.807) is 12.1 Å². The van der Waals surface area contributed by atoms with Crippen LogP contribution in [-0.2, 0) is 24.4 Å². The number of benzene rings is 3. The number of halogens is 1. The fourth-order valence-corrected chi connectivity index (χ4v) is 3.94. The Labute approximate surface area is 209 Å². The molecule has 1 aliphatic heterocycles. The number of ether oxygens (including phenoxy) is 3. The van der Waals surface area contributed by atoms with Crippen molar-refractivity contribution >= 4 is 11.6 Å². The molecule has 0 fully saturated rings. The smallest absolute Gasteiger partial charge is 0.162 e. The maximum absolute atomic E-state index is 10.4. The molecule has 0 saturated heterocycles. The summed E-state index contributed by atoms with van der Waals surface area (Å²) in [6, 6.07) is 18.2. The van der Waals surface area contributed by atoms with Crippen molar-refractivity contribution < 1.29 is 29.5 Å². The first-order valence-electron chi connectivity index (χ1n) is 11.6. The van der Waals surface area contributed by atoms with E-state index in [1.807, 2.05) is 42.5 Å². The van der Waals surface area contributed by atoms with Gasteiger partial charge in [0.05, 0.1) is 25.9 Å². The third kappa shape index (κ3) is 7.10. The second kappa shape index (κ2) is 12.2. The molecule has 0 spiro atoms. The highest BCUT2D eigenvalue weighted by Gasteiger charge is 2.21. The first-order chi connectivity index (χ1) is 17.0. The van der Waals surface area contributed by atoms with E-state index in [4.69, 9.17) is 25.8 Å². The minimum absolute atomic E-state index is 0.0189. The molecule has 0 bridgehead atoms. The summed E-state index contributed by atoms with van der Waals surface area (Å²) in [5.74, 6) is 1.44. The van der Waals surface area contributed by atoms with E-state index in [2.05, 4.69) is 5.32 Å². The third-order valence-corrected chi connectivity index (χ3v) is 6.05. The van der Waals surface area contributed by atoms with Crippen molar-refractivity contribution in [3.05, 3.63) is 87.9 Å². The second-order valence-electron chi connectivity index (χ2n) is 8.49. The Hall–Kier alpha value is -2.81. The average Bonchev–Trinajstić information content (AvgIpc) is 2.87. The van der Waals surface area contributed by atoms with Gasteiger partial charge in [0.15, 0.2) is 17.6 Å². The molecule has 0 aromatic heterocycles. The van der Waals surface area contributed by atoms with Crippen molar-refractivity contribution in [1.29, 1.82) is 0 Å². The summed E-state index contributed by atoms with van der Waals surface area (Å²) >= 11 is 5.91. The number of nitrogens with one attached hydrogen (secondary N) is 1. The van der Waals surface area contributed by atoms with Crippen molar-refractivity contribution in [2.75, 3.05) is 26.3 Å². The largest absolute Gasteiger partial charge is 0.508 e. The van der Waals surface area contributed by atoms with Crippen molar-refractivity contribution in [3.8, 4) is 17.2 Å². The number of phenols is 1. The highest BCUT2D eigenvalue weighted by atomic mass is 35.5. The number of aromatic hydroxyl groups is 1. The molecule has 186 valence electrons. The number of aliphatic hydroxyl groups is 2. The molecule has 4 N–H and O–H groups in total. The van der Waals surface area contributed by atoms with Crippen molar-refractivity contribution in [2.45, 2.75) is 31.8 Å². The van der Waals surface area contributed by atoms with E-state index < -0.39 is 6.10 Å². The highest BCUT2D eigenvalue weighted by Crippen LogP contribution is 2.33. The summed E-state index contributed by atoms with van der Waals surface area (Å²) in [6.45, 7) is 2.07. The number of rotatable bonds is 11. The molecule has 3 aromatic rings. The second-order valence-corrected chi connectivity index (χ2v) is 8.93.